The second-order valence-corrected chi connectivity index (χ2v) is 5.57. The highest BCUT2D eigenvalue weighted by atomic mass is 16.5. The van der Waals surface area contributed by atoms with E-state index in [2.05, 4.69) is 17.9 Å². The Morgan fingerprint density at radius 3 is 3.11 bits per heavy atom. The lowest BCUT2D eigenvalue weighted by Crippen LogP contribution is -2.32. The molecule has 4 heteroatoms. The largest absolute Gasteiger partial charge is 0.465 e. The van der Waals surface area contributed by atoms with E-state index in [1.54, 1.807) is 0 Å². The molecular weight excluding hydrogens is 242 g/mol. The molecule has 4 nitrogen and oxygen atoms in total. The number of aliphatic hydroxyl groups is 1. The fourth-order valence-electron chi connectivity index (χ4n) is 3.15. The Morgan fingerprint density at radius 2 is 2.37 bits per heavy atom. The fourth-order valence-corrected chi connectivity index (χ4v) is 3.15. The van der Waals surface area contributed by atoms with Crippen molar-refractivity contribution in [3.8, 4) is 0 Å². The van der Waals surface area contributed by atoms with Gasteiger partial charge >= 0.3 is 5.97 Å². The zero-order valence-corrected chi connectivity index (χ0v) is 11.8. The number of carbonyl (C=O) groups is 1. The average Bonchev–Trinajstić information content (AvgIpc) is 2.98. The quantitative estimate of drug-likeness (QED) is 0.433. The zero-order chi connectivity index (χ0) is 13.7. The minimum Gasteiger partial charge on any atom is -0.465 e. The van der Waals surface area contributed by atoms with Gasteiger partial charge in [-0.15, -0.1) is 0 Å². The van der Waals surface area contributed by atoms with E-state index in [0.717, 1.165) is 44.3 Å². The number of hydrogen-bond donors (Lipinski definition) is 1. The SMILES string of the molecule is CCCCCC(=O)OC[C@H]1CCN2CC=C(CO)C12. The van der Waals surface area contributed by atoms with Crippen LogP contribution in [0.15, 0.2) is 11.6 Å². The number of ether oxygens (including phenoxy) is 1. The van der Waals surface area contributed by atoms with E-state index in [0.29, 0.717) is 25.0 Å². The van der Waals surface area contributed by atoms with Gasteiger partial charge in [-0.1, -0.05) is 25.8 Å². The molecule has 0 aliphatic carbocycles. The summed E-state index contributed by atoms with van der Waals surface area (Å²) in [4.78, 5) is 14.0. The predicted molar refractivity (Wildman–Crippen MR) is 73.7 cm³/mol. The molecule has 1 fully saturated rings. The van der Waals surface area contributed by atoms with Crippen LogP contribution in [0.5, 0.6) is 0 Å². The lowest BCUT2D eigenvalue weighted by atomic mass is 9.96. The zero-order valence-electron chi connectivity index (χ0n) is 11.8. The first-order chi connectivity index (χ1) is 9.26. The lowest BCUT2D eigenvalue weighted by molar-refractivity contribution is -0.145. The molecule has 0 amide bonds. The third-order valence-electron chi connectivity index (χ3n) is 4.22. The van der Waals surface area contributed by atoms with Gasteiger partial charge in [-0.05, 0) is 25.0 Å². The Bertz CT molecular complexity index is 340. The molecule has 1 N–H and O–H groups in total. The second kappa shape index (κ2) is 7.06. The molecule has 2 heterocycles. The van der Waals surface area contributed by atoms with Crippen LogP contribution >= 0.6 is 0 Å². The van der Waals surface area contributed by atoms with E-state index in [4.69, 9.17) is 4.74 Å². The highest BCUT2D eigenvalue weighted by Gasteiger charge is 2.39. The van der Waals surface area contributed by atoms with Gasteiger partial charge in [0.1, 0.15) is 0 Å². The number of rotatable bonds is 7. The minimum atomic E-state index is -0.0700. The van der Waals surface area contributed by atoms with Gasteiger partial charge < -0.3 is 9.84 Å². The first-order valence-corrected chi connectivity index (χ1v) is 7.45. The summed E-state index contributed by atoms with van der Waals surface area (Å²) in [5.74, 6) is 0.287. The van der Waals surface area contributed by atoms with Gasteiger partial charge in [0.15, 0.2) is 0 Å². The maximum Gasteiger partial charge on any atom is 0.305 e. The van der Waals surface area contributed by atoms with Crippen LogP contribution in [-0.4, -0.2) is 48.3 Å². The minimum absolute atomic E-state index is 0.0700. The van der Waals surface area contributed by atoms with Crippen LogP contribution in [0.1, 0.15) is 39.0 Å². The van der Waals surface area contributed by atoms with Gasteiger partial charge in [0.2, 0.25) is 0 Å². The van der Waals surface area contributed by atoms with E-state index in [-0.39, 0.29) is 12.6 Å². The number of esters is 1. The Labute approximate surface area is 115 Å². The van der Waals surface area contributed by atoms with Crippen LogP contribution in [0.3, 0.4) is 0 Å². The first kappa shape index (κ1) is 14.5. The van der Waals surface area contributed by atoms with Gasteiger partial charge in [0.25, 0.3) is 0 Å². The van der Waals surface area contributed by atoms with Gasteiger partial charge in [-0.3, -0.25) is 9.69 Å². The molecule has 0 saturated carbocycles. The molecule has 1 unspecified atom stereocenters. The van der Waals surface area contributed by atoms with Crippen LogP contribution in [0.25, 0.3) is 0 Å². The summed E-state index contributed by atoms with van der Waals surface area (Å²) < 4.78 is 5.40. The number of fused-ring (bicyclic) bond motifs is 1. The van der Waals surface area contributed by atoms with Gasteiger partial charge in [0, 0.05) is 24.9 Å². The number of carbonyl (C=O) groups excluding carboxylic acids is 1. The van der Waals surface area contributed by atoms with Crippen molar-refractivity contribution in [1.82, 2.24) is 4.90 Å². The molecular formula is C15H25NO3. The van der Waals surface area contributed by atoms with Crippen LogP contribution in [0.4, 0.5) is 0 Å². The van der Waals surface area contributed by atoms with Crippen molar-refractivity contribution in [1.29, 1.82) is 0 Å². The van der Waals surface area contributed by atoms with E-state index in [1.807, 2.05) is 0 Å². The molecule has 0 aromatic carbocycles. The number of nitrogens with zero attached hydrogens (tertiary/aromatic N) is 1. The highest BCUT2D eigenvalue weighted by Crippen LogP contribution is 2.33. The number of unbranched alkanes of at least 4 members (excludes halogenated alkanes) is 2. The summed E-state index contributed by atoms with van der Waals surface area (Å²) in [5.41, 5.74) is 1.10. The molecule has 2 aliphatic heterocycles. The van der Waals surface area contributed by atoms with Crippen molar-refractivity contribution in [3.05, 3.63) is 11.6 Å². The third kappa shape index (κ3) is 3.57. The fraction of sp³-hybridized carbons (Fsp3) is 0.800. The predicted octanol–water partition coefficient (Wildman–Crippen LogP) is 1.73. The van der Waals surface area contributed by atoms with E-state index < -0.39 is 0 Å². The highest BCUT2D eigenvalue weighted by molar-refractivity contribution is 5.69. The average molecular weight is 267 g/mol. The Kier molecular flexibility index (Phi) is 5.40. The van der Waals surface area contributed by atoms with Crippen LogP contribution in [0, 0.1) is 5.92 Å². The topological polar surface area (TPSA) is 49.8 Å². The van der Waals surface area contributed by atoms with Crippen molar-refractivity contribution in [2.75, 3.05) is 26.3 Å². The van der Waals surface area contributed by atoms with Crippen molar-refractivity contribution in [2.45, 2.75) is 45.1 Å². The lowest BCUT2D eigenvalue weighted by Gasteiger charge is -2.23. The van der Waals surface area contributed by atoms with Crippen molar-refractivity contribution in [2.24, 2.45) is 5.92 Å². The van der Waals surface area contributed by atoms with Crippen LogP contribution in [0.2, 0.25) is 0 Å². The summed E-state index contributed by atoms with van der Waals surface area (Å²) in [6, 6.07) is 0.299. The molecule has 0 aromatic rings. The molecule has 0 spiro atoms. The summed E-state index contributed by atoms with van der Waals surface area (Å²) >= 11 is 0. The molecule has 108 valence electrons. The van der Waals surface area contributed by atoms with Gasteiger partial charge in [-0.2, -0.15) is 0 Å². The van der Waals surface area contributed by atoms with Crippen LogP contribution in [-0.2, 0) is 9.53 Å². The normalized spacial score (nSPS) is 26.3. The maximum atomic E-state index is 11.6. The van der Waals surface area contributed by atoms with Crippen molar-refractivity contribution in [3.63, 3.8) is 0 Å². The number of aliphatic hydroxyl groups excluding tert-OH is 1. The molecule has 0 aromatic heterocycles. The molecule has 19 heavy (non-hydrogen) atoms. The maximum absolute atomic E-state index is 11.6. The van der Waals surface area contributed by atoms with Crippen LogP contribution < -0.4 is 0 Å². The molecule has 1 saturated heterocycles. The van der Waals surface area contributed by atoms with Gasteiger partial charge in [0.05, 0.1) is 13.2 Å². The molecule has 0 bridgehead atoms. The Morgan fingerprint density at radius 1 is 1.53 bits per heavy atom. The third-order valence-corrected chi connectivity index (χ3v) is 4.22. The molecule has 2 aliphatic rings. The monoisotopic (exact) mass is 267 g/mol. The second-order valence-electron chi connectivity index (χ2n) is 5.57. The summed E-state index contributed by atoms with van der Waals surface area (Å²) in [6.07, 6.45) is 6.85. The summed E-state index contributed by atoms with van der Waals surface area (Å²) in [7, 11) is 0. The molecule has 2 rings (SSSR count). The van der Waals surface area contributed by atoms with Crippen molar-refractivity contribution >= 4 is 5.97 Å². The van der Waals surface area contributed by atoms with E-state index >= 15 is 0 Å². The number of hydrogen-bond acceptors (Lipinski definition) is 4. The van der Waals surface area contributed by atoms with Gasteiger partial charge in [-0.25, -0.2) is 0 Å². The van der Waals surface area contributed by atoms with E-state index in [1.165, 1.54) is 0 Å². The Balaban J connectivity index is 1.74. The Hall–Kier alpha value is -0.870. The smallest absolute Gasteiger partial charge is 0.305 e. The molecule has 0 radical (unpaired) electrons. The summed E-state index contributed by atoms with van der Waals surface area (Å²) in [6.45, 7) is 4.73. The summed E-state index contributed by atoms with van der Waals surface area (Å²) in [5, 5.41) is 9.35. The van der Waals surface area contributed by atoms with E-state index in [9.17, 15) is 9.90 Å². The standard InChI is InChI=1S/C15H25NO3/c1-2-3-4-5-14(18)19-11-13-7-9-16-8-6-12(10-17)15(13)16/h6,13,15,17H,2-5,7-11H2,1H3/t13-,15?/m1/s1. The first-order valence-electron chi connectivity index (χ1n) is 7.45. The molecule has 2 atom stereocenters. The van der Waals surface area contributed by atoms with Crippen molar-refractivity contribution < 1.29 is 14.6 Å².